The minimum Gasteiger partial charge on any atom is -0.256 e. The van der Waals surface area contributed by atoms with E-state index in [-0.39, 0.29) is 0 Å². The molecule has 0 saturated carbocycles. The van der Waals surface area contributed by atoms with Gasteiger partial charge in [0.05, 0.1) is 12.3 Å². The first-order valence-electron chi connectivity index (χ1n) is 6.36. The standard InChI is InChI=1S/C18H12N2/c1-19-17-9-5-8-15(12-17)16-10-11-18(20-13-16)14-6-3-2-4-7-14/h2-13H. The second kappa shape index (κ2) is 5.38. The number of hydrogen-bond donors (Lipinski definition) is 0. The molecule has 0 amide bonds. The van der Waals surface area contributed by atoms with Crippen molar-refractivity contribution in [3.8, 4) is 22.4 Å². The van der Waals surface area contributed by atoms with E-state index >= 15 is 0 Å². The fourth-order valence-electron chi connectivity index (χ4n) is 2.10. The van der Waals surface area contributed by atoms with Crippen LogP contribution >= 0.6 is 0 Å². The highest BCUT2D eigenvalue weighted by atomic mass is 14.7. The minimum absolute atomic E-state index is 0.648. The molecule has 0 N–H and O–H groups in total. The van der Waals surface area contributed by atoms with Crippen molar-refractivity contribution in [1.82, 2.24) is 4.98 Å². The van der Waals surface area contributed by atoms with Gasteiger partial charge in [-0.2, -0.15) is 0 Å². The summed E-state index contributed by atoms with van der Waals surface area (Å²) in [5.41, 5.74) is 4.75. The van der Waals surface area contributed by atoms with Crippen molar-refractivity contribution in [3.05, 3.63) is 84.3 Å². The number of nitrogens with zero attached hydrogens (tertiary/aromatic N) is 2. The van der Waals surface area contributed by atoms with Gasteiger partial charge in [-0.1, -0.05) is 54.6 Å². The molecule has 2 heteroatoms. The molecular formula is C18H12N2. The minimum atomic E-state index is 0.648. The first-order chi connectivity index (χ1) is 9.86. The number of aromatic nitrogens is 1. The smallest absolute Gasteiger partial charge is 0.187 e. The molecule has 0 radical (unpaired) electrons. The average Bonchev–Trinajstić information content (AvgIpc) is 2.56. The first kappa shape index (κ1) is 12.1. The molecule has 20 heavy (non-hydrogen) atoms. The Morgan fingerprint density at radius 1 is 0.750 bits per heavy atom. The summed E-state index contributed by atoms with van der Waals surface area (Å²) in [6.07, 6.45) is 1.85. The van der Waals surface area contributed by atoms with Gasteiger partial charge < -0.3 is 0 Å². The lowest BCUT2D eigenvalue weighted by Gasteiger charge is -2.04. The van der Waals surface area contributed by atoms with E-state index in [1.807, 2.05) is 72.9 Å². The van der Waals surface area contributed by atoms with Crippen LogP contribution in [0.1, 0.15) is 0 Å². The van der Waals surface area contributed by atoms with Crippen LogP contribution < -0.4 is 0 Å². The molecule has 3 rings (SSSR count). The van der Waals surface area contributed by atoms with Gasteiger partial charge in [-0.15, -0.1) is 0 Å². The largest absolute Gasteiger partial charge is 0.256 e. The van der Waals surface area contributed by atoms with E-state index in [2.05, 4.69) is 9.83 Å². The quantitative estimate of drug-likeness (QED) is 0.592. The van der Waals surface area contributed by atoms with Crippen LogP contribution in [0.15, 0.2) is 72.9 Å². The normalized spacial score (nSPS) is 9.95. The van der Waals surface area contributed by atoms with Gasteiger partial charge in [0.1, 0.15) is 0 Å². The summed E-state index contributed by atoms with van der Waals surface area (Å²) in [5.74, 6) is 0. The Hall–Kier alpha value is -2.92. The van der Waals surface area contributed by atoms with Crippen molar-refractivity contribution < 1.29 is 0 Å². The second-order valence-electron chi connectivity index (χ2n) is 4.46. The van der Waals surface area contributed by atoms with E-state index < -0.39 is 0 Å². The Morgan fingerprint density at radius 2 is 1.55 bits per heavy atom. The van der Waals surface area contributed by atoms with Crippen molar-refractivity contribution in [2.75, 3.05) is 0 Å². The average molecular weight is 256 g/mol. The Balaban J connectivity index is 1.96. The maximum absolute atomic E-state index is 7.06. The van der Waals surface area contributed by atoms with E-state index in [0.717, 1.165) is 22.4 Å². The summed E-state index contributed by atoms with van der Waals surface area (Å²) < 4.78 is 0. The molecule has 0 bridgehead atoms. The van der Waals surface area contributed by atoms with Gasteiger partial charge in [0.2, 0.25) is 0 Å². The zero-order chi connectivity index (χ0) is 13.8. The first-order valence-corrected chi connectivity index (χ1v) is 6.36. The molecule has 3 aromatic rings. The van der Waals surface area contributed by atoms with Crippen LogP contribution in [0.2, 0.25) is 0 Å². The zero-order valence-electron chi connectivity index (χ0n) is 10.8. The monoisotopic (exact) mass is 256 g/mol. The van der Waals surface area contributed by atoms with Crippen molar-refractivity contribution in [3.63, 3.8) is 0 Å². The number of rotatable bonds is 2. The van der Waals surface area contributed by atoms with Crippen LogP contribution in [0.5, 0.6) is 0 Å². The van der Waals surface area contributed by atoms with Crippen LogP contribution in [-0.4, -0.2) is 4.98 Å². The summed E-state index contributed by atoms with van der Waals surface area (Å²) >= 11 is 0. The topological polar surface area (TPSA) is 17.2 Å². The molecule has 94 valence electrons. The molecule has 2 nitrogen and oxygen atoms in total. The van der Waals surface area contributed by atoms with Crippen molar-refractivity contribution >= 4 is 5.69 Å². The summed E-state index contributed by atoms with van der Waals surface area (Å²) in [7, 11) is 0. The van der Waals surface area contributed by atoms with Crippen molar-refractivity contribution in [2.45, 2.75) is 0 Å². The second-order valence-corrected chi connectivity index (χ2v) is 4.46. The van der Waals surface area contributed by atoms with E-state index in [9.17, 15) is 0 Å². The summed E-state index contributed by atoms with van der Waals surface area (Å²) in [4.78, 5) is 7.95. The lowest BCUT2D eigenvalue weighted by atomic mass is 10.1. The molecule has 0 spiro atoms. The van der Waals surface area contributed by atoms with Gasteiger partial charge in [0.15, 0.2) is 5.69 Å². The Kier molecular flexibility index (Phi) is 3.26. The fraction of sp³-hybridized carbons (Fsp3) is 0. The van der Waals surface area contributed by atoms with E-state index in [0.29, 0.717) is 5.69 Å². The molecule has 0 aliphatic rings. The lowest BCUT2D eigenvalue weighted by Crippen LogP contribution is -1.84. The third-order valence-electron chi connectivity index (χ3n) is 3.14. The predicted octanol–water partition coefficient (Wildman–Crippen LogP) is 4.97. The Labute approximate surface area is 118 Å². The van der Waals surface area contributed by atoms with Gasteiger partial charge in [0.25, 0.3) is 0 Å². The van der Waals surface area contributed by atoms with Crippen LogP contribution in [0.3, 0.4) is 0 Å². The van der Waals surface area contributed by atoms with Crippen LogP contribution in [-0.2, 0) is 0 Å². The Bertz CT molecular complexity index is 753. The molecule has 0 atom stereocenters. The van der Waals surface area contributed by atoms with Gasteiger partial charge in [-0.25, -0.2) is 4.85 Å². The molecule has 0 aliphatic carbocycles. The van der Waals surface area contributed by atoms with Crippen LogP contribution in [0.25, 0.3) is 27.2 Å². The summed E-state index contributed by atoms with van der Waals surface area (Å²) in [6.45, 7) is 7.06. The summed E-state index contributed by atoms with van der Waals surface area (Å²) in [6, 6.07) is 21.7. The van der Waals surface area contributed by atoms with E-state index in [4.69, 9.17) is 6.57 Å². The maximum atomic E-state index is 7.06. The van der Waals surface area contributed by atoms with Gasteiger partial charge >= 0.3 is 0 Å². The maximum Gasteiger partial charge on any atom is 0.187 e. The number of pyridine rings is 1. The van der Waals surface area contributed by atoms with Crippen LogP contribution in [0, 0.1) is 6.57 Å². The molecule has 2 aromatic carbocycles. The highest BCUT2D eigenvalue weighted by molar-refractivity contribution is 5.70. The third kappa shape index (κ3) is 2.43. The molecular weight excluding hydrogens is 244 g/mol. The molecule has 1 heterocycles. The molecule has 0 fully saturated rings. The van der Waals surface area contributed by atoms with Crippen molar-refractivity contribution in [1.29, 1.82) is 0 Å². The number of benzene rings is 2. The van der Waals surface area contributed by atoms with Crippen LogP contribution in [0.4, 0.5) is 5.69 Å². The fourth-order valence-corrected chi connectivity index (χ4v) is 2.10. The third-order valence-corrected chi connectivity index (χ3v) is 3.14. The SMILES string of the molecule is [C-]#[N+]c1cccc(-c2ccc(-c3ccccc3)nc2)c1. The summed E-state index contributed by atoms with van der Waals surface area (Å²) in [5, 5.41) is 0. The van der Waals surface area contributed by atoms with Crippen molar-refractivity contribution in [2.24, 2.45) is 0 Å². The highest BCUT2D eigenvalue weighted by Crippen LogP contribution is 2.25. The molecule has 0 unspecified atom stereocenters. The molecule has 0 saturated heterocycles. The van der Waals surface area contributed by atoms with Gasteiger partial charge in [-0.3, -0.25) is 4.98 Å². The van der Waals surface area contributed by atoms with Gasteiger partial charge in [0, 0.05) is 11.8 Å². The molecule has 1 aromatic heterocycles. The Morgan fingerprint density at radius 3 is 2.25 bits per heavy atom. The number of hydrogen-bond acceptors (Lipinski definition) is 1. The van der Waals surface area contributed by atoms with E-state index in [1.165, 1.54) is 0 Å². The lowest BCUT2D eigenvalue weighted by molar-refractivity contribution is 1.33. The van der Waals surface area contributed by atoms with E-state index in [1.54, 1.807) is 0 Å². The van der Waals surface area contributed by atoms with Gasteiger partial charge in [-0.05, 0) is 23.3 Å². The highest BCUT2D eigenvalue weighted by Gasteiger charge is 2.02. The predicted molar refractivity (Wildman–Crippen MR) is 81.4 cm³/mol. The molecule has 0 aliphatic heterocycles. The zero-order valence-corrected chi connectivity index (χ0v) is 10.8.